The van der Waals surface area contributed by atoms with Crippen LogP contribution >= 0.6 is 27.7 Å². The highest BCUT2D eigenvalue weighted by Gasteiger charge is 2.35. The SMILES string of the molecule is C=CCOc1ccc(/C=C2\SC(=O)N(Cc3ccc(Br)cc3)C2=O)cc1OC. The molecule has 1 saturated heterocycles. The molecule has 0 unspecified atom stereocenters. The highest BCUT2D eigenvalue weighted by molar-refractivity contribution is 9.10. The van der Waals surface area contributed by atoms with Gasteiger partial charge in [-0.3, -0.25) is 14.5 Å². The Kier molecular flexibility index (Phi) is 6.59. The number of carbonyl (C=O) groups excluding carboxylic acids is 2. The summed E-state index contributed by atoms with van der Waals surface area (Å²) in [6.07, 6.45) is 3.33. The van der Waals surface area contributed by atoms with Gasteiger partial charge in [-0.15, -0.1) is 0 Å². The predicted octanol–water partition coefficient (Wildman–Crippen LogP) is 5.26. The normalized spacial score (nSPS) is 15.2. The van der Waals surface area contributed by atoms with Crippen molar-refractivity contribution < 1.29 is 19.1 Å². The van der Waals surface area contributed by atoms with E-state index < -0.39 is 0 Å². The molecule has 5 nitrogen and oxygen atoms in total. The Labute approximate surface area is 176 Å². The second-order valence-electron chi connectivity index (χ2n) is 5.90. The van der Waals surface area contributed by atoms with Gasteiger partial charge >= 0.3 is 0 Å². The number of carbonyl (C=O) groups is 2. The van der Waals surface area contributed by atoms with Crippen LogP contribution in [0.4, 0.5) is 4.79 Å². The van der Waals surface area contributed by atoms with Crippen molar-refractivity contribution in [3.63, 3.8) is 0 Å². The summed E-state index contributed by atoms with van der Waals surface area (Å²) >= 11 is 4.31. The predicted molar refractivity (Wildman–Crippen MR) is 114 cm³/mol. The Morgan fingerprint density at radius 3 is 2.57 bits per heavy atom. The topological polar surface area (TPSA) is 55.8 Å². The van der Waals surface area contributed by atoms with Crippen LogP contribution in [0.2, 0.25) is 0 Å². The number of nitrogens with zero attached hydrogens (tertiary/aromatic N) is 1. The number of halogens is 1. The number of rotatable bonds is 7. The van der Waals surface area contributed by atoms with Crippen LogP contribution < -0.4 is 9.47 Å². The Morgan fingerprint density at radius 2 is 1.89 bits per heavy atom. The summed E-state index contributed by atoms with van der Waals surface area (Å²) < 4.78 is 11.8. The van der Waals surface area contributed by atoms with Crippen molar-refractivity contribution in [1.82, 2.24) is 4.90 Å². The lowest BCUT2D eigenvalue weighted by Crippen LogP contribution is -2.27. The van der Waals surface area contributed by atoms with Gasteiger partial charge in [0.25, 0.3) is 11.1 Å². The molecule has 0 saturated carbocycles. The van der Waals surface area contributed by atoms with Crippen LogP contribution in [-0.2, 0) is 11.3 Å². The highest BCUT2D eigenvalue weighted by Crippen LogP contribution is 2.35. The molecule has 0 bridgehead atoms. The lowest BCUT2D eigenvalue weighted by atomic mass is 10.1. The fraction of sp³-hybridized carbons (Fsp3) is 0.143. The van der Waals surface area contributed by atoms with Crippen molar-refractivity contribution in [2.75, 3.05) is 13.7 Å². The molecule has 2 amide bonds. The molecule has 0 aliphatic carbocycles. The third-order valence-corrected chi connectivity index (χ3v) is 5.41. The van der Waals surface area contributed by atoms with E-state index in [0.29, 0.717) is 23.0 Å². The van der Waals surface area contributed by atoms with Crippen molar-refractivity contribution in [3.8, 4) is 11.5 Å². The summed E-state index contributed by atoms with van der Waals surface area (Å²) in [6.45, 7) is 4.23. The summed E-state index contributed by atoms with van der Waals surface area (Å²) in [5.74, 6) is 0.830. The van der Waals surface area contributed by atoms with Crippen LogP contribution in [0.5, 0.6) is 11.5 Å². The summed E-state index contributed by atoms with van der Waals surface area (Å²) in [6, 6.07) is 12.9. The first-order valence-electron chi connectivity index (χ1n) is 8.43. The maximum atomic E-state index is 12.7. The Balaban J connectivity index is 1.79. The zero-order chi connectivity index (χ0) is 20.1. The van der Waals surface area contributed by atoms with Gasteiger partial charge in [-0.2, -0.15) is 0 Å². The second-order valence-corrected chi connectivity index (χ2v) is 7.81. The first-order chi connectivity index (χ1) is 13.5. The van der Waals surface area contributed by atoms with Crippen molar-refractivity contribution in [1.29, 1.82) is 0 Å². The van der Waals surface area contributed by atoms with E-state index in [1.807, 2.05) is 30.3 Å². The first-order valence-corrected chi connectivity index (χ1v) is 10.0. The lowest BCUT2D eigenvalue weighted by molar-refractivity contribution is -0.123. The van der Waals surface area contributed by atoms with Crippen LogP contribution in [0.1, 0.15) is 11.1 Å². The molecule has 144 valence electrons. The largest absolute Gasteiger partial charge is 0.493 e. The number of methoxy groups -OCH3 is 1. The molecule has 1 aliphatic rings. The van der Waals surface area contributed by atoms with Gasteiger partial charge in [-0.25, -0.2) is 0 Å². The number of thioether (sulfide) groups is 1. The Bertz CT molecular complexity index is 940. The van der Waals surface area contributed by atoms with Crippen LogP contribution in [0.25, 0.3) is 6.08 Å². The fourth-order valence-corrected chi connectivity index (χ4v) is 3.70. The quantitative estimate of drug-likeness (QED) is 0.417. The lowest BCUT2D eigenvalue weighted by Gasteiger charge is -2.12. The molecule has 0 spiro atoms. The van der Waals surface area contributed by atoms with E-state index in [1.165, 1.54) is 4.90 Å². The van der Waals surface area contributed by atoms with E-state index in [-0.39, 0.29) is 17.7 Å². The number of hydrogen-bond donors (Lipinski definition) is 0. The third kappa shape index (κ3) is 4.66. The van der Waals surface area contributed by atoms with E-state index in [2.05, 4.69) is 22.5 Å². The molecule has 1 heterocycles. The number of ether oxygens (including phenoxy) is 2. The van der Waals surface area contributed by atoms with Crippen molar-refractivity contribution in [2.24, 2.45) is 0 Å². The molecular formula is C21H18BrNO4S. The smallest absolute Gasteiger partial charge is 0.293 e. The minimum absolute atomic E-state index is 0.243. The van der Waals surface area contributed by atoms with Crippen molar-refractivity contribution in [3.05, 3.63) is 75.6 Å². The molecule has 1 aliphatic heterocycles. The van der Waals surface area contributed by atoms with Gasteiger partial charge in [0, 0.05) is 4.47 Å². The number of hydrogen-bond acceptors (Lipinski definition) is 5. The maximum Gasteiger partial charge on any atom is 0.293 e. The molecule has 2 aromatic rings. The van der Waals surface area contributed by atoms with Gasteiger partial charge in [-0.1, -0.05) is 46.8 Å². The van der Waals surface area contributed by atoms with E-state index in [1.54, 1.807) is 31.4 Å². The zero-order valence-electron chi connectivity index (χ0n) is 15.2. The summed E-state index contributed by atoms with van der Waals surface area (Å²) in [7, 11) is 1.55. The standard InChI is InChI=1S/C21H18BrNO4S/c1-3-10-27-17-9-6-15(11-18(17)26-2)12-19-20(24)23(21(25)28-19)13-14-4-7-16(22)8-5-14/h3-9,11-12H,1,10,13H2,2H3/b19-12-. The molecule has 28 heavy (non-hydrogen) atoms. The minimum Gasteiger partial charge on any atom is -0.493 e. The first kappa shape index (κ1) is 20.2. The summed E-state index contributed by atoms with van der Waals surface area (Å²) in [4.78, 5) is 26.6. The molecule has 2 aromatic carbocycles. The number of benzene rings is 2. The molecule has 1 fully saturated rings. The van der Waals surface area contributed by atoms with E-state index in [0.717, 1.165) is 27.4 Å². The van der Waals surface area contributed by atoms with Gasteiger partial charge in [0.1, 0.15) is 6.61 Å². The molecule has 0 radical (unpaired) electrons. The van der Waals surface area contributed by atoms with Gasteiger partial charge in [0.15, 0.2) is 11.5 Å². The van der Waals surface area contributed by atoms with Crippen LogP contribution in [-0.4, -0.2) is 29.8 Å². The van der Waals surface area contributed by atoms with E-state index in [4.69, 9.17) is 9.47 Å². The van der Waals surface area contributed by atoms with Gasteiger partial charge in [0.05, 0.1) is 18.6 Å². The van der Waals surface area contributed by atoms with Gasteiger partial charge < -0.3 is 9.47 Å². The van der Waals surface area contributed by atoms with E-state index >= 15 is 0 Å². The van der Waals surface area contributed by atoms with Gasteiger partial charge in [-0.05, 0) is 53.2 Å². The van der Waals surface area contributed by atoms with Crippen molar-refractivity contribution in [2.45, 2.75) is 6.54 Å². The Morgan fingerprint density at radius 1 is 1.14 bits per heavy atom. The molecule has 0 aromatic heterocycles. The number of imide groups is 1. The highest BCUT2D eigenvalue weighted by atomic mass is 79.9. The average molecular weight is 460 g/mol. The van der Waals surface area contributed by atoms with Crippen LogP contribution in [0.3, 0.4) is 0 Å². The molecule has 7 heteroatoms. The second kappa shape index (κ2) is 9.12. The fourth-order valence-electron chi connectivity index (χ4n) is 2.60. The van der Waals surface area contributed by atoms with Gasteiger partial charge in [0.2, 0.25) is 0 Å². The molecular weight excluding hydrogens is 442 g/mol. The average Bonchev–Trinajstić information content (AvgIpc) is 2.95. The molecule has 3 rings (SSSR count). The summed E-state index contributed by atoms with van der Waals surface area (Å²) in [5, 5.41) is -0.280. The van der Waals surface area contributed by atoms with E-state index in [9.17, 15) is 9.59 Å². The monoisotopic (exact) mass is 459 g/mol. The maximum absolute atomic E-state index is 12.7. The van der Waals surface area contributed by atoms with Crippen LogP contribution in [0.15, 0.2) is 64.5 Å². The minimum atomic E-state index is -0.302. The molecule has 0 atom stereocenters. The van der Waals surface area contributed by atoms with Crippen LogP contribution in [0, 0.1) is 0 Å². The Hall–Kier alpha value is -2.51. The zero-order valence-corrected chi connectivity index (χ0v) is 17.6. The number of amides is 2. The molecule has 0 N–H and O–H groups in total. The summed E-state index contributed by atoms with van der Waals surface area (Å²) in [5.41, 5.74) is 1.63. The third-order valence-electron chi connectivity index (χ3n) is 3.97. The van der Waals surface area contributed by atoms with Crippen molar-refractivity contribution >= 4 is 44.9 Å².